The van der Waals surface area contributed by atoms with Crippen LogP contribution in [0.1, 0.15) is 51.3 Å². The maximum Gasteiger partial charge on any atom is 0.264 e. The number of sulfonamides is 1. The molecule has 3 rings (SSSR count). The van der Waals surface area contributed by atoms with E-state index in [4.69, 9.17) is 4.74 Å². The Morgan fingerprint density at radius 3 is 2.10 bits per heavy atom. The molecule has 0 fully saturated rings. The fourth-order valence-electron chi connectivity index (χ4n) is 4.27. The number of anilines is 1. The van der Waals surface area contributed by atoms with E-state index in [9.17, 15) is 18.0 Å². The van der Waals surface area contributed by atoms with Crippen LogP contribution in [0.4, 0.5) is 5.69 Å². The Morgan fingerprint density at radius 2 is 1.54 bits per heavy atom. The fourth-order valence-corrected chi connectivity index (χ4v) is 5.68. The summed E-state index contributed by atoms with van der Waals surface area (Å²) in [5, 5.41) is 2.94. The quantitative estimate of drug-likeness (QED) is 0.336. The van der Waals surface area contributed by atoms with Crippen LogP contribution in [0, 0.1) is 13.8 Å². The molecule has 0 radical (unpaired) electrons. The Hall–Kier alpha value is -3.85. The molecular formula is C32H41N3O5S. The first-order valence-corrected chi connectivity index (χ1v) is 15.1. The van der Waals surface area contributed by atoms with Gasteiger partial charge in [0.25, 0.3) is 10.0 Å². The van der Waals surface area contributed by atoms with Gasteiger partial charge in [-0.15, -0.1) is 0 Å². The summed E-state index contributed by atoms with van der Waals surface area (Å²) < 4.78 is 34.5. The number of hydrogen-bond donors (Lipinski definition) is 1. The minimum absolute atomic E-state index is 0.0262. The van der Waals surface area contributed by atoms with Gasteiger partial charge in [-0.1, -0.05) is 42.0 Å². The second kappa shape index (κ2) is 13.2. The molecule has 9 heteroatoms. The maximum absolute atomic E-state index is 14.1. The van der Waals surface area contributed by atoms with E-state index in [0.29, 0.717) is 18.0 Å². The molecular weight excluding hydrogens is 538 g/mol. The molecule has 3 aromatic carbocycles. The van der Waals surface area contributed by atoms with Gasteiger partial charge in [0, 0.05) is 12.1 Å². The smallest absolute Gasteiger partial charge is 0.264 e. The summed E-state index contributed by atoms with van der Waals surface area (Å²) in [6.07, 6.45) is 0. The van der Waals surface area contributed by atoms with Crippen molar-refractivity contribution in [2.75, 3.05) is 17.5 Å². The number of carbonyl (C=O) groups excluding carboxylic acids is 2. The number of carbonyl (C=O) groups is 2. The van der Waals surface area contributed by atoms with E-state index in [1.54, 1.807) is 43.3 Å². The lowest BCUT2D eigenvalue weighted by Gasteiger charge is -2.33. The summed E-state index contributed by atoms with van der Waals surface area (Å²) >= 11 is 0. The number of amides is 2. The summed E-state index contributed by atoms with van der Waals surface area (Å²) in [7, 11) is -4.15. The van der Waals surface area contributed by atoms with E-state index in [1.807, 2.05) is 65.8 Å². The molecule has 1 atom stereocenters. The average Bonchev–Trinajstić information content (AvgIpc) is 2.91. The number of hydrogen-bond acceptors (Lipinski definition) is 5. The summed E-state index contributed by atoms with van der Waals surface area (Å²) in [6, 6.07) is 19.8. The fraction of sp³-hybridized carbons (Fsp3) is 0.375. The lowest BCUT2D eigenvalue weighted by Crippen LogP contribution is -2.54. The first-order chi connectivity index (χ1) is 19.2. The summed E-state index contributed by atoms with van der Waals surface area (Å²) in [6.45, 7) is 13.1. The molecule has 0 heterocycles. The normalized spacial score (nSPS) is 12.4. The second-order valence-electron chi connectivity index (χ2n) is 11.1. The molecule has 1 N–H and O–H groups in total. The molecule has 41 heavy (non-hydrogen) atoms. The van der Waals surface area contributed by atoms with Crippen molar-refractivity contribution in [1.82, 2.24) is 10.2 Å². The minimum Gasteiger partial charge on any atom is -0.494 e. The highest BCUT2D eigenvalue weighted by atomic mass is 32.2. The lowest BCUT2D eigenvalue weighted by molar-refractivity contribution is -0.140. The Labute approximate surface area is 244 Å². The Kier molecular flexibility index (Phi) is 10.2. The summed E-state index contributed by atoms with van der Waals surface area (Å²) in [5.74, 6) is -0.275. The maximum atomic E-state index is 14.1. The van der Waals surface area contributed by atoms with Crippen LogP contribution in [-0.2, 0) is 26.2 Å². The standard InChI is InChI=1S/C32H41N3O5S/c1-8-40-28-17-19-29(20-18-28)41(38,39)35(27-15-13-23(2)14-16-27)22-30(36)34(21-26-12-10-9-11-24(26)3)25(4)31(37)33-32(5,6)7/h9-20,25H,8,21-22H2,1-7H3,(H,33,37)/t25-/m1/s1. The highest BCUT2D eigenvalue weighted by molar-refractivity contribution is 7.92. The van der Waals surface area contributed by atoms with E-state index >= 15 is 0 Å². The van der Waals surface area contributed by atoms with E-state index in [2.05, 4.69) is 5.32 Å². The Balaban J connectivity index is 2.04. The predicted molar refractivity (Wildman–Crippen MR) is 162 cm³/mol. The molecule has 8 nitrogen and oxygen atoms in total. The van der Waals surface area contributed by atoms with Crippen molar-refractivity contribution in [2.24, 2.45) is 0 Å². The average molecular weight is 580 g/mol. The Morgan fingerprint density at radius 1 is 0.927 bits per heavy atom. The van der Waals surface area contributed by atoms with Gasteiger partial charge in [-0.3, -0.25) is 13.9 Å². The minimum atomic E-state index is -4.15. The topological polar surface area (TPSA) is 96.0 Å². The summed E-state index contributed by atoms with van der Waals surface area (Å²) in [4.78, 5) is 28.8. The number of benzene rings is 3. The van der Waals surface area contributed by atoms with Gasteiger partial charge in [0.15, 0.2) is 0 Å². The zero-order valence-electron chi connectivity index (χ0n) is 25.0. The van der Waals surface area contributed by atoms with E-state index in [-0.39, 0.29) is 17.3 Å². The van der Waals surface area contributed by atoms with Crippen LogP contribution in [0.5, 0.6) is 5.75 Å². The molecule has 0 saturated heterocycles. The monoisotopic (exact) mass is 579 g/mol. The molecule has 0 unspecified atom stereocenters. The van der Waals surface area contributed by atoms with Gasteiger partial charge in [-0.2, -0.15) is 0 Å². The van der Waals surface area contributed by atoms with E-state index < -0.39 is 34.1 Å². The third-order valence-electron chi connectivity index (χ3n) is 6.59. The number of rotatable bonds is 11. The van der Waals surface area contributed by atoms with Gasteiger partial charge in [0.1, 0.15) is 18.3 Å². The zero-order valence-corrected chi connectivity index (χ0v) is 25.8. The van der Waals surface area contributed by atoms with Crippen molar-refractivity contribution in [3.63, 3.8) is 0 Å². The van der Waals surface area contributed by atoms with Crippen LogP contribution in [0.25, 0.3) is 0 Å². The highest BCUT2D eigenvalue weighted by Crippen LogP contribution is 2.26. The predicted octanol–water partition coefficient (Wildman–Crippen LogP) is 5.23. The van der Waals surface area contributed by atoms with Crippen molar-refractivity contribution in [3.8, 4) is 5.75 Å². The first-order valence-electron chi connectivity index (χ1n) is 13.7. The van der Waals surface area contributed by atoms with Crippen molar-refractivity contribution < 1.29 is 22.7 Å². The van der Waals surface area contributed by atoms with E-state index in [0.717, 1.165) is 21.0 Å². The third kappa shape index (κ3) is 8.33. The molecule has 0 aliphatic carbocycles. The second-order valence-corrected chi connectivity index (χ2v) is 13.0. The van der Waals surface area contributed by atoms with Crippen molar-refractivity contribution in [3.05, 3.63) is 89.5 Å². The van der Waals surface area contributed by atoms with Crippen LogP contribution in [0.2, 0.25) is 0 Å². The van der Waals surface area contributed by atoms with Crippen LogP contribution in [-0.4, -0.2) is 49.9 Å². The summed E-state index contributed by atoms with van der Waals surface area (Å²) in [5.41, 5.74) is 2.62. The zero-order chi connectivity index (χ0) is 30.4. The number of nitrogens with zero attached hydrogens (tertiary/aromatic N) is 2. The molecule has 0 bridgehead atoms. The number of nitrogens with one attached hydrogen (secondary N) is 1. The van der Waals surface area contributed by atoms with Gasteiger partial charge in [0.2, 0.25) is 11.8 Å². The highest BCUT2D eigenvalue weighted by Gasteiger charge is 2.33. The van der Waals surface area contributed by atoms with Crippen LogP contribution in [0.3, 0.4) is 0 Å². The molecule has 0 saturated carbocycles. The molecule has 0 spiro atoms. The van der Waals surface area contributed by atoms with Crippen molar-refractivity contribution in [1.29, 1.82) is 0 Å². The lowest BCUT2D eigenvalue weighted by atomic mass is 10.1. The number of aryl methyl sites for hydroxylation is 2. The van der Waals surface area contributed by atoms with Crippen molar-refractivity contribution >= 4 is 27.5 Å². The molecule has 3 aromatic rings. The molecule has 0 aliphatic heterocycles. The van der Waals surface area contributed by atoms with Crippen molar-refractivity contribution in [2.45, 2.75) is 71.5 Å². The third-order valence-corrected chi connectivity index (χ3v) is 8.38. The number of ether oxygens (including phenoxy) is 1. The van der Waals surface area contributed by atoms with Crippen LogP contribution < -0.4 is 14.4 Å². The molecule has 0 aromatic heterocycles. The largest absolute Gasteiger partial charge is 0.494 e. The van der Waals surface area contributed by atoms with Crippen LogP contribution in [0.15, 0.2) is 77.7 Å². The van der Waals surface area contributed by atoms with Crippen LogP contribution >= 0.6 is 0 Å². The molecule has 0 aliphatic rings. The van der Waals surface area contributed by atoms with Gasteiger partial charge in [-0.25, -0.2) is 8.42 Å². The SMILES string of the molecule is CCOc1ccc(S(=O)(=O)N(CC(=O)N(Cc2ccccc2C)[C@H](C)C(=O)NC(C)(C)C)c2ccc(C)cc2)cc1. The Bertz CT molecular complexity index is 1450. The van der Waals surface area contributed by atoms with Gasteiger partial charge in [0.05, 0.1) is 17.2 Å². The van der Waals surface area contributed by atoms with Gasteiger partial charge < -0.3 is 15.0 Å². The van der Waals surface area contributed by atoms with E-state index in [1.165, 1.54) is 17.0 Å². The van der Waals surface area contributed by atoms with Gasteiger partial charge >= 0.3 is 0 Å². The molecule has 220 valence electrons. The first kappa shape index (κ1) is 31.7. The molecule has 2 amide bonds. The van der Waals surface area contributed by atoms with Gasteiger partial charge in [-0.05, 0) is 96.0 Å².